The van der Waals surface area contributed by atoms with Gasteiger partial charge >= 0.3 is 0 Å². The third-order valence-electron chi connectivity index (χ3n) is 4.61. The van der Waals surface area contributed by atoms with Crippen molar-refractivity contribution in [1.29, 1.82) is 0 Å². The number of Topliss-reactive ketones (excluding diaryl/α,β-unsaturated/α-hetero) is 1. The Kier molecular flexibility index (Phi) is 7.21. The predicted octanol–water partition coefficient (Wildman–Crippen LogP) is 4.22. The second-order valence-electron chi connectivity index (χ2n) is 6.52. The van der Waals surface area contributed by atoms with Gasteiger partial charge < -0.3 is 4.90 Å². The molecule has 3 rings (SSSR count). The average Bonchev–Trinajstić information content (AvgIpc) is 3.14. The first kappa shape index (κ1) is 19.8. The van der Waals surface area contributed by atoms with Crippen molar-refractivity contribution < 1.29 is 9.59 Å². The minimum Gasteiger partial charge on any atom is -0.340 e. The molecule has 1 aliphatic rings. The standard InChI is InChI=1S/C21H23ClN2O2S/c22-20-10-9-19(27-20)18(25)8-11-21(26)24-15-13-23(14-16-24)12-4-7-17-5-2-1-3-6-17/h1-7,9-10H,8,11-16H2/b7-4+. The SMILES string of the molecule is O=C(CCC(=O)N1CCN(C/C=C/c2ccccc2)CC1)c1ccc(Cl)s1. The maximum absolute atomic E-state index is 12.4. The van der Waals surface area contributed by atoms with Gasteiger partial charge in [0.1, 0.15) is 0 Å². The monoisotopic (exact) mass is 402 g/mol. The highest BCUT2D eigenvalue weighted by Gasteiger charge is 2.21. The maximum atomic E-state index is 12.4. The topological polar surface area (TPSA) is 40.6 Å². The molecule has 0 N–H and O–H groups in total. The van der Waals surface area contributed by atoms with Gasteiger partial charge in [-0.1, -0.05) is 54.1 Å². The first-order valence-corrected chi connectivity index (χ1v) is 10.3. The van der Waals surface area contributed by atoms with E-state index in [1.807, 2.05) is 23.1 Å². The molecule has 0 unspecified atom stereocenters. The molecule has 1 saturated heterocycles. The zero-order chi connectivity index (χ0) is 19.1. The largest absolute Gasteiger partial charge is 0.340 e. The Morgan fingerprint density at radius 1 is 1.00 bits per heavy atom. The van der Waals surface area contributed by atoms with Crippen LogP contribution in [0.25, 0.3) is 6.08 Å². The normalized spacial score (nSPS) is 15.4. The lowest BCUT2D eigenvalue weighted by molar-refractivity contribution is -0.132. The highest BCUT2D eigenvalue weighted by molar-refractivity contribution is 7.18. The molecule has 0 bridgehead atoms. The molecular formula is C21H23ClN2O2S. The summed E-state index contributed by atoms with van der Waals surface area (Å²) in [5, 5.41) is 0. The number of thiophene rings is 1. The minimum absolute atomic E-state index is 0.00932. The lowest BCUT2D eigenvalue weighted by Crippen LogP contribution is -2.48. The van der Waals surface area contributed by atoms with Crippen LogP contribution in [-0.2, 0) is 4.79 Å². The second kappa shape index (κ2) is 9.83. The van der Waals surface area contributed by atoms with Crippen molar-refractivity contribution in [2.24, 2.45) is 0 Å². The van der Waals surface area contributed by atoms with Crippen molar-refractivity contribution in [3.63, 3.8) is 0 Å². The highest BCUT2D eigenvalue weighted by atomic mass is 35.5. The number of hydrogen-bond donors (Lipinski definition) is 0. The maximum Gasteiger partial charge on any atom is 0.223 e. The zero-order valence-corrected chi connectivity index (χ0v) is 16.7. The van der Waals surface area contributed by atoms with Crippen LogP contribution in [-0.4, -0.2) is 54.2 Å². The number of hydrogen-bond acceptors (Lipinski definition) is 4. The van der Waals surface area contributed by atoms with E-state index < -0.39 is 0 Å². The molecule has 2 aromatic rings. The van der Waals surface area contributed by atoms with E-state index in [0.29, 0.717) is 9.21 Å². The van der Waals surface area contributed by atoms with Crippen LogP contribution in [0.4, 0.5) is 0 Å². The molecule has 1 aromatic heterocycles. The minimum atomic E-state index is -0.00932. The molecule has 0 radical (unpaired) electrons. The van der Waals surface area contributed by atoms with Crippen LogP contribution in [0.1, 0.15) is 28.1 Å². The Hall–Kier alpha value is -1.95. The van der Waals surface area contributed by atoms with Crippen LogP contribution in [0, 0.1) is 0 Å². The molecule has 6 heteroatoms. The van der Waals surface area contributed by atoms with Gasteiger partial charge in [-0.05, 0) is 17.7 Å². The van der Waals surface area contributed by atoms with E-state index >= 15 is 0 Å². The van der Waals surface area contributed by atoms with E-state index in [4.69, 9.17) is 11.6 Å². The molecular weight excluding hydrogens is 380 g/mol. The van der Waals surface area contributed by atoms with Crippen molar-refractivity contribution in [2.75, 3.05) is 32.7 Å². The van der Waals surface area contributed by atoms with E-state index in [1.165, 1.54) is 16.9 Å². The van der Waals surface area contributed by atoms with Crippen LogP contribution in [0.5, 0.6) is 0 Å². The quantitative estimate of drug-likeness (QED) is 0.651. The Labute approximate surface area is 169 Å². The Morgan fingerprint density at radius 3 is 2.41 bits per heavy atom. The van der Waals surface area contributed by atoms with E-state index in [-0.39, 0.29) is 24.5 Å². The molecule has 0 aliphatic carbocycles. The van der Waals surface area contributed by atoms with Gasteiger partial charge in [-0.3, -0.25) is 14.5 Å². The van der Waals surface area contributed by atoms with Crippen LogP contribution in [0.3, 0.4) is 0 Å². The fraction of sp³-hybridized carbons (Fsp3) is 0.333. The molecule has 27 heavy (non-hydrogen) atoms. The number of halogens is 1. The summed E-state index contributed by atoms with van der Waals surface area (Å²) in [5.41, 5.74) is 1.20. The molecule has 4 nitrogen and oxygen atoms in total. The van der Waals surface area contributed by atoms with E-state index in [2.05, 4.69) is 29.2 Å². The molecule has 0 spiro atoms. The summed E-state index contributed by atoms with van der Waals surface area (Å²) in [6.45, 7) is 4.04. The molecule has 142 valence electrons. The van der Waals surface area contributed by atoms with Gasteiger partial charge in [-0.2, -0.15) is 0 Å². The number of rotatable bonds is 7. The van der Waals surface area contributed by atoms with Crippen LogP contribution < -0.4 is 0 Å². The number of benzene rings is 1. The van der Waals surface area contributed by atoms with E-state index in [1.54, 1.807) is 12.1 Å². The molecule has 1 amide bonds. The number of carbonyl (C=O) groups excluding carboxylic acids is 2. The van der Waals surface area contributed by atoms with Crippen molar-refractivity contribution in [3.8, 4) is 0 Å². The molecule has 1 fully saturated rings. The summed E-state index contributed by atoms with van der Waals surface area (Å²) < 4.78 is 0.599. The van der Waals surface area contributed by atoms with Gasteiger partial charge in [0.25, 0.3) is 0 Å². The van der Waals surface area contributed by atoms with Crippen molar-refractivity contribution in [1.82, 2.24) is 9.80 Å². The van der Waals surface area contributed by atoms with Gasteiger partial charge in [-0.25, -0.2) is 0 Å². The van der Waals surface area contributed by atoms with E-state index in [0.717, 1.165) is 32.7 Å². The third kappa shape index (κ3) is 6.03. The molecule has 0 saturated carbocycles. The Balaban J connectivity index is 1.37. The van der Waals surface area contributed by atoms with Gasteiger partial charge in [0.15, 0.2) is 5.78 Å². The summed E-state index contributed by atoms with van der Waals surface area (Å²) in [6.07, 6.45) is 4.80. The number of carbonyl (C=O) groups is 2. The fourth-order valence-corrected chi connectivity index (χ4v) is 4.06. The number of ketones is 1. The van der Waals surface area contributed by atoms with Crippen molar-refractivity contribution in [3.05, 3.63) is 63.3 Å². The smallest absolute Gasteiger partial charge is 0.223 e. The van der Waals surface area contributed by atoms with Gasteiger partial charge in [0.2, 0.25) is 5.91 Å². The van der Waals surface area contributed by atoms with Gasteiger partial charge in [-0.15, -0.1) is 11.3 Å². The van der Waals surface area contributed by atoms with Crippen LogP contribution >= 0.6 is 22.9 Å². The van der Waals surface area contributed by atoms with Crippen molar-refractivity contribution in [2.45, 2.75) is 12.8 Å². The number of amides is 1. The highest BCUT2D eigenvalue weighted by Crippen LogP contribution is 2.23. The third-order valence-corrected chi connectivity index (χ3v) is 5.88. The lowest BCUT2D eigenvalue weighted by Gasteiger charge is -2.34. The predicted molar refractivity (Wildman–Crippen MR) is 111 cm³/mol. The summed E-state index contributed by atoms with van der Waals surface area (Å²) in [4.78, 5) is 29.3. The summed E-state index contributed by atoms with van der Waals surface area (Å²) in [7, 11) is 0. The van der Waals surface area contributed by atoms with Crippen LogP contribution in [0.2, 0.25) is 4.34 Å². The first-order chi connectivity index (χ1) is 13.1. The summed E-state index contributed by atoms with van der Waals surface area (Å²) in [5.74, 6) is 0.0513. The number of piperazine rings is 1. The Morgan fingerprint density at radius 2 is 1.74 bits per heavy atom. The van der Waals surface area contributed by atoms with Gasteiger partial charge in [0, 0.05) is 45.6 Å². The molecule has 0 atom stereocenters. The molecule has 1 aliphatic heterocycles. The second-order valence-corrected chi connectivity index (χ2v) is 8.24. The average molecular weight is 403 g/mol. The molecule has 2 heterocycles. The van der Waals surface area contributed by atoms with Gasteiger partial charge in [0.05, 0.1) is 9.21 Å². The summed E-state index contributed by atoms with van der Waals surface area (Å²) >= 11 is 7.12. The Bertz CT molecular complexity index is 796. The van der Waals surface area contributed by atoms with Crippen molar-refractivity contribution >= 4 is 40.7 Å². The number of nitrogens with zero attached hydrogens (tertiary/aromatic N) is 2. The zero-order valence-electron chi connectivity index (χ0n) is 15.1. The fourth-order valence-electron chi connectivity index (χ4n) is 3.05. The van der Waals surface area contributed by atoms with E-state index in [9.17, 15) is 9.59 Å². The lowest BCUT2D eigenvalue weighted by atomic mass is 10.1. The van der Waals surface area contributed by atoms with Crippen LogP contribution in [0.15, 0.2) is 48.5 Å². The summed E-state index contributed by atoms with van der Waals surface area (Å²) in [6, 6.07) is 13.7. The molecule has 1 aromatic carbocycles. The first-order valence-electron chi connectivity index (χ1n) is 9.12.